The van der Waals surface area contributed by atoms with E-state index >= 15 is 0 Å². The lowest BCUT2D eigenvalue weighted by molar-refractivity contribution is -0.138. The van der Waals surface area contributed by atoms with E-state index in [1.54, 1.807) is 35.9 Å². The maximum atomic E-state index is 13.4. The van der Waals surface area contributed by atoms with Gasteiger partial charge in [-0.15, -0.1) is 0 Å². The first-order valence-corrected chi connectivity index (χ1v) is 14.5. The Balaban J connectivity index is 1.12. The van der Waals surface area contributed by atoms with Crippen LogP contribution in [0.5, 0.6) is 0 Å². The highest BCUT2D eigenvalue weighted by Crippen LogP contribution is 2.44. The van der Waals surface area contributed by atoms with Crippen molar-refractivity contribution in [3.05, 3.63) is 88.5 Å². The van der Waals surface area contributed by atoms with E-state index < -0.39 is 17.3 Å². The molecule has 6 rings (SSSR count). The normalized spacial score (nSPS) is 23.9. The number of hydrogen-bond donors (Lipinski definition) is 3. The zero-order valence-electron chi connectivity index (χ0n) is 24.0. The van der Waals surface area contributed by atoms with Crippen LogP contribution in [-0.4, -0.2) is 80.5 Å². The number of piperazine rings is 1. The number of carbonyl (C=O) groups is 2. The van der Waals surface area contributed by atoms with Gasteiger partial charge >= 0.3 is 11.7 Å². The van der Waals surface area contributed by atoms with Crippen molar-refractivity contribution in [3.63, 3.8) is 0 Å². The third-order valence-corrected chi connectivity index (χ3v) is 8.66. The Labute approximate surface area is 245 Å². The maximum absolute atomic E-state index is 13.4. The minimum atomic E-state index is -1.01. The Hall–Kier alpha value is -4.06. The van der Waals surface area contributed by atoms with E-state index in [1.807, 2.05) is 54.6 Å². The van der Waals surface area contributed by atoms with E-state index in [2.05, 4.69) is 15.2 Å². The van der Waals surface area contributed by atoms with E-state index in [9.17, 15) is 14.4 Å². The summed E-state index contributed by atoms with van der Waals surface area (Å²) in [4.78, 5) is 49.2. The van der Waals surface area contributed by atoms with Gasteiger partial charge in [0.1, 0.15) is 5.82 Å². The number of anilines is 1. The first kappa shape index (κ1) is 28.1. The second-order valence-electron chi connectivity index (χ2n) is 12.3. The number of hydrogen-bond acceptors (Lipinski definition) is 7. The predicted molar refractivity (Wildman–Crippen MR) is 160 cm³/mol. The molecule has 1 aliphatic carbocycles. The summed E-state index contributed by atoms with van der Waals surface area (Å²) in [5, 5.41) is 2.78. The van der Waals surface area contributed by atoms with Crippen LogP contribution in [-0.2, 0) is 11.3 Å². The van der Waals surface area contributed by atoms with E-state index in [0.29, 0.717) is 43.2 Å². The van der Waals surface area contributed by atoms with E-state index in [1.165, 1.54) is 10.1 Å². The van der Waals surface area contributed by atoms with Crippen LogP contribution in [0.15, 0.2) is 71.7 Å². The van der Waals surface area contributed by atoms with Crippen molar-refractivity contribution in [2.45, 2.75) is 38.0 Å². The minimum absolute atomic E-state index is 0.164. The second kappa shape index (κ2) is 11.0. The highest BCUT2D eigenvalue weighted by molar-refractivity contribution is 5.89. The van der Waals surface area contributed by atoms with Gasteiger partial charge in [-0.3, -0.25) is 19.6 Å². The lowest BCUT2D eigenvalue weighted by atomic mass is 9.99. The maximum Gasteiger partial charge on any atom is 0.354 e. The van der Waals surface area contributed by atoms with Crippen LogP contribution < -0.4 is 22.5 Å². The van der Waals surface area contributed by atoms with Crippen LogP contribution >= 0.6 is 0 Å². The van der Waals surface area contributed by atoms with Crippen LogP contribution in [0.4, 0.5) is 10.6 Å². The van der Waals surface area contributed by atoms with Crippen LogP contribution in [0.2, 0.25) is 0 Å². The lowest BCUT2D eigenvalue weighted by Crippen LogP contribution is -2.59. The average molecular weight is 571 g/mol. The Morgan fingerprint density at radius 2 is 1.67 bits per heavy atom. The van der Waals surface area contributed by atoms with Crippen molar-refractivity contribution < 1.29 is 9.59 Å². The SMILES string of the molecule is CC(C)(N)C(=O)N1CCN(C(=O)Nc2ccn(-c3ccc(CN4C[C@@H]5C(N)[C@@H]5C4)cc3)c(=O)n2)C(c2ccccc2)C1. The fourth-order valence-corrected chi connectivity index (χ4v) is 6.24. The van der Waals surface area contributed by atoms with Gasteiger partial charge in [0.2, 0.25) is 5.91 Å². The van der Waals surface area contributed by atoms with Crippen molar-refractivity contribution in [1.29, 1.82) is 0 Å². The third kappa shape index (κ3) is 5.67. The molecular formula is C31H38N8O3. The van der Waals surface area contributed by atoms with E-state index in [0.717, 1.165) is 25.2 Å². The van der Waals surface area contributed by atoms with Gasteiger partial charge < -0.3 is 21.3 Å². The lowest BCUT2D eigenvalue weighted by Gasteiger charge is -2.43. The quantitative estimate of drug-likeness (QED) is 0.410. The number of nitrogens with two attached hydrogens (primary N) is 2. The van der Waals surface area contributed by atoms with Gasteiger partial charge in [0.25, 0.3) is 0 Å². The smallest absolute Gasteiger partial charge is 0.337 e. The highest BCUT2D eigenvalue weighted by atomic mass is 16.2. The van der Waals surface area contributed by atoms with Crippen molar-refractivity contribution in [1.82, 2.24) is 24.3 Å². The summed E-state index contributed by atoms with van der Waals surface area (Å²) >= 11 is 0. The minimum Gasteiger partial charge on any atom is -0.337 e. The van der Waals surface area contributed by atoms with Gasteiger partial charge in [-0.1, -0.05) is 42.5 Å². The standard InChI is InChI=1S/C31H38N8O3/c1-31(2,33)28(40)37-14-15-39(25(19-37)21-6-4-3-5-7-21)30(42)35-26-12-13-38(29(41)34-26)22-10-8-20(9-11-22)16-36-17-23-24(18-36)27(23)32/h3-13,23-25,27H,14-19,32-33H2,1-2H3,(H,34,35,41,42)/t23-,24+,25?,27?. The van der Waals surface area contributed by atoms with Crippen LogP contribution in [0.3, 0.4) is 0 Å². The van der Waals surface area contributed by atoms with E-state index in [-0.39, 0.29) is 17.8 Å². The summed E-state index contributed by atoms with van der Waals surface area (Å²) in [6.45, 7) is 7.31. The number of likely N-dealkylation sites (tertiary alicyclic amines) is 1. The number of amides is 3. The van der Waals surface area contributed by atoms with Gasteiger partial charge in [0.05, 0.1) is 17.3 Å². The van der Waals surface area contributed by atoms with Crippen molar-refractivity contribution in [2.24, 2.45) is 23.3 Å². The number of nitrogens with zero attached hydrogens (tertiary/aromatic N) is 5. The summed E-state index contributed by atoms with van der Waals surface area (Å²) < 4.78 is 1.45. The molecule has 0 spiro atoms. The third-order valence-electron chi connectivity index (χ3n) is 8.66. The highest BCUT2D eigenvalue weighted by Gasteiger charge is 2.53. The number of urea groups is 1. The molecule has 0 radical (unpaired) electrons. The Bertz CT molecular complexity index is 1510. The molecule has 220 valence electrons. The molecule has 11 nitrogen and oxygen atoms in total. The molecule has 3 heterocycles. The number of fused-ring (bicyclic) bond motifs is 1. The fourth-order valence-electron chi connectivity index (χ4n) is 6.24. The molecule has 2 aliphatic heterocycles. The van der Waals surface area contributed by atoms with Gasteiger partial charge in [-0.05, 0) is 55.0 Å². The molecule has 1 saturated carbocycles. The largest absolute Gasteiger partial charge is 0.354 e. The van der Waals surface area contributed by atoms with Crippen molar-refractivity contribution in [2.75, 3.05) is 38.0 Å². The molecule has 1 aromatic heterocycles. The molecule has 3 fully saturated rings. The van der Waals surface area contributed by atoms with Crippen LogP contribution in [0, 0.1) is 11.8 Å². The van der Waals surface area contributed by atoms with Gasteiger partial charge in [-0.2, -0.15) is 4.98 Å². The summed E-state index contributed by atoms with van der Waals surface area (Å²) in [7, 11) is 0. The van der Waals surface area contributed by atoms with Crippen molar-refractivity contribution >= 4 is 17.8 Å². The summed E-state index contributed by atoms with van der Waals surface area (Å²) in [6.07, 6.45) is 1.62. The second-order valence-corrected chi connectivity index (χ2v) is 12.3. The number of piperidine rings is 1. The van der Waals surface area contributed by atoms with Gasteiger partial charge in [0, 0.05) is 51.5 Å². The molecule has 3 amide bonds. The summed E-state index contributed by atoms with van der Waals surface area (Å²) in [6, 6.07) is 18.7. The Morgan fingerprint density at radius 3 is 2.31 bits per heavy atom. The molecule has 42 heavy (non-hydrogen) atoms. The number of aromatic nitrogens is 2. The van der Waals surface area contributed by atoms with Gasteiger partial charge in [-0.25, -0.2) is 9.59 Å². The molecule has 3 aliphatic rings. The van der Waals surface area contributed by atoms with Gasteiger partial charge in [0.15, 0.2) is 0 Å². The zero-order valence-corrected chi connectivity index (χ0v) is 24.0. The Kier molecular flexibility index (Phi) is 7.34. The monoisotopic (exact) mass is 570 g/mol. The number of benzene rings is 2. The zero-order chi connectivity index (χ0) is 29.6. The molecule has 2 saturated heterocycles. The molecule has 2 unspecified atom stereocenters. The van der Waals surface area contributed by atoms with Crippen molar-refractivity contribution in [3.8, 4) is 5.69 Å². The summed E-state index contributed by atoms with van der Waals surface area (Å²) in [5.41, 5.74) is 13.4. The fraction of sp³-hybridized carbons (Fsp3) is 0.419. The molecule has 4 atom stereocenters. The molecule has 3 aromatic rings. The molecule has 0 bridgehead atoms. The molecule has 5 N–H and O–H groups in total. The number of rotatable bonds is 6. The molecular weight excluding hydrogens is 532 g/mol. The topological polar surface area (TPSA) is 143 Å². The first-order chi connectivity index (χ1) is 20.1. The molecule has 11 heteroatoms. The van der Waals surface area contributed by atoms with E-state index in [4.69, 9.17) is 11.5 Å². The first-order valence-electron chi connectivity index (χ1n) is 14.5. The Morgan fingerprint density at radius 1 is 0.976 bits per heavy atom. The van der Waals surface area contributed by atoms with Crippen LogP contribution in [0.25, 0.3) is 5.69 Å². The molecule has 2 aromatic carbocycles. The average Bonchev–Trinajstić information content (AvgIpc) is 3.35. The van der Waals surface area contributed by atoms with Crippen LogP contribution in [0.1, 0.15) is 31.0 Å². The summed E-state index contributed by atoms with van der Waals surface area (Å²) in [5.74, 6) is 1.29. The predicted octanol–water partition coefficient (Wildman–Crippen LogP) is 1.78. The number of carbonyl (C=O) groups excluding carboxylic acids is 2. The number of nitrogens with one attached hydrogen (secondary N) is 1.